The van der Waals surface area contributed by atoms with Gasteiger partial charge in [0, 0.05) is 31.9 Å². The number of aliphatic hydroxyl groups excluding tert-OH is 1. The van der Waals surface area contributed by atoms with Crippen LogP contribution in [0.2, 0.25) is 0 Å². The monoisotopic (exact) mass is 392 g/mol. The van der Waals surface area contributed by atoms with E-state index in [0.29, 0.717) is 10.9 Å². The maximum Gasteiger partial charge on any atom is 0.261 e. The van der Waals surface area contributed by atoms with Crippen LogP contribution >= 0.6 is 0 Å². The Bertz CT molecular complexity index is 1230. The fourth-order valence-electron chi connectivity index (χ4n) is 3.69. The van der Waals surface area contributed by atoms with E-state index in [1.807, 2.05) is 30.3 Å². The predicted octanol–water partition coefficient (Wildman–Crippen LogP) is 0.153. The lowest BCUT2D eigenvalue weighted by molar-refractivity contribution is 0.274. The van der Waals surface area contributed by atoms with E-state index >= 15 is 0 Å². The van der Waals surface area contributed by atoms with Gasteiger partial charge in [-0.15, -0.1) is 15.3 Å². The van der Waals surface area contributed by atoms with Crippen molar-refractivity contribution in [2.75, 3.05) is 42.6 Å². The lowest BCUT2D eigenvalue weighted by Crippen LogP contribution is -2.47. The van der Waals surface area contributed by atoms with E-state index in [4.69, 9.17) is 5.11 Å². The second-order valence-corrected chi connectivity index (χ2v) is 6.97. The van der Waals surface area contributed by atoms with E-state index in [0.717, 1.165) is 43.3 Å². The van der Waals surface area contributed by atoms with Gasteiger partial charge >= 0.3 is 0 Å². The van der Waals surface area contributed by atoms with E-state index in [1.54, 1.807) is 10.8 Å². The van der Waals surface area contributed by atoms with Gasteiger partial charge in [0.2, 0.25) is 0 Å². The molecular weight excluding hydrogens is 372 g/mol. The van der Waals surface area contributed by atoms with Gasteiger partial charge in [-0.3, -0.25) is 9.36 Å². The van der Waals surface area contributed by atoms with Gasteiger partial charge in [-0.1, -0.05) is 0 Å². The quantitative estimate of drug-likeness (QED) is 0.523. The SMILES string of the molecule is O=c1c2ccc(N3CCN(c4ccc5nncn5n4)CC3)cc2ncn1CCO. The molecule has 1 aliphatic rings. The van der Waals surface area contributed by atoms with Crippen LogP contribution in [0.5, 0.6) is 0 Å². The lowest BCUT2D eigenvalue weighted by Gasteiger charge is -2.36. The van der Waals surface area contributed by atoms with Gasteiger partial charge < -0.3 is 14.9 Å². The topological polar surface area (TPSA) is 105 Å². The van der Waals surface area contributed by atoms with Crippen molar-refractivity contribution >= 4 is 28.1 Å². The summed E-state index contributed by atoms with van der Waals surface area (Å²) in [5, 5.41) is 22.0. The first-order valence-corrected chi connectivity index (χ1v) is 9.50. The van der Waals surface area contributed by atoms with Crippen LogP contribution in [-0.2, 0) is 6.54 Å². The number of fused-ring (bicyclic) bond motifs is 2. The van der Waals surface area contributed by atoms with Crippen molar-refractivity contribution in [2.24, 2.45) is 0 Å². The van der Waals surface area contributed by atoms with E-state index in [-0.39, 0.29) is 18.7 Å². The van der Waals surface area contributed by atoms with Crippen LogP contribution in [0.15, 0.2) is 47.8 Å². The standard InChI is InChI=1S/C19H20N8O2/c28-10-9-26-12-20-16-11-14(1-2-15(16)19(26)29)24-5-7-25(8-6-24)18-4-3-17-22-21-13-27(17)23-18/h1-4,11-13,28H,5-10H2. The Labute approximate surface area is 165 Å². The third-order valence-electron chi connectivity index (χ3n) is 5.27. The fraction of sp³-hybridized carbons (Fsp3) is 0.316. The number of benzene rings is 1. The molecule has 1 fully saturated rings. The van der Waals surface area contributed by atoms with Crippen LogP contribution in [0.4, 0.5) is 11.5 Å². The van der Waals surface area contributed by atoms with Gasteiger partial charge in [0.1, 0.15) is 12.1 Å². The van der Waals surface area contributed by atoms with Crippen LogP contribution in [-0.4, -0.2) is 67.3 Å². The fourth-order valence-corrected chi connectivity index (χ4v) is 3.69. The van der Waals surface area contributed by atoms with Crippen molar-refractivity contribution < 1.29 is 5.11 Å². The molecule has 1 saturated heterocycles. The number of hydrogen-bond acceptors (Lipinski definition) is 8. The average molecular weight is 392 g/mol. The number of aromatic nitrogens is 6. The van der Waals surface area contributed by atoms with Crippen molar-refractivity contribution in [3.63, 3.8) is 0 Å². The molecule has 0 atom stereocenters. The Hall–Kier alpha value is -3.53. The van der Waals surface area contributed by atoms with Crippen molar-refractivity contribution in [1.82, 2.24) is 29.4 Å². The highest BCUT2D eigenvalue weighted by Crippen LogP contribution is 2.22. The molecule has 0 radical (unpaired) electrons. The zero-order valence-corrected chi connectivity index (χ0v) is 15.7. The number of anilines is 2. The molecular formula is C19H20N8O2. The highest BCUT2D eigenvalue weighted by molar-refractivity contribution is 5.81. The van der Waals surface area contributed by atoms with Gasteiger partial charge in [-0.2, -0.15) is 4.52 Å². The van der Waals surface area contributed by atoms with Gasteiger partial charge in [0.15, 0.2) is 5.65 Å². The zero-order valence-electron chi connectivity index (χ0n) is 15.7. The first kappa shape index (κ1) is 17.6. The summed E-state index contributed by atoms with van der Waals surface area (Å²) in [4.78, 5) is 21.4. The molecule has 148 valence electrons. The number of piperazine rings is 1. The number of hydrogen-bond donors (Lipinski definition) is 1. The Morgan fingerprint density at radius 1 is 1.00 bits per heavy atom. The van der Waals surface area contributed by atoms with E-state index in [1.165, 1.54) is 10.9 Å². The van der Waals surface area contributed by atoms with E-state index in [2.05, 4.69) is 30.1 Å². The second-order valence-electron chi connectivity index (χ2n) is 6.97. The first-order chi connectivity index (χ1) is 14.2. The van der Waals surface area contributed by atoms with Crippen molar-refractivity contribution in [1.29, 1.82) is 0 Å². The van der Waals surface area contributed by atoms with Crippen LogP contribution < -0.4 is 15.4 Å². The molecule has 0 aliphatic carbocycles. The smallest absolute Gasteiger partial charge is 0.261 e. The van der Waals surface area contributed by atoms with Gasteiger partial charge in [-0.25, -0.2) is 4.98 Å². The summed E-state index contributed by atoms with van der Waals surface area (Å²) in [5.74, 6) is 0.904. The molecule has 0 amide bonds. The molecule has 10 heteroatoms. The molecule has 5 rings (SSSR count). The van der Waals surface area contributed by atoms with Crippen LogP contribution in [0, 0.1) is 0 Å². The van der Waals surface area contributed by atoms with Gasteiger partial charge in [0.25, 0.3) is 5.56 Å². The Balaban J connectivity index is 1.34. The maximum absolute atomic E-state index is 12.5. The molecule has 1 N–H and O–H groups in total. The third-order valence-corrected chi connectivity index (χ3v) is 5.27. The molecule has 0 bridgehead atoms. The molecule has 4 heterocycles. The van der Waals surface area contributed by atoms with Crippen molar-refractivity contribution in [2.45, 2.75) is 6.54 Å². The largest absolute Gasteiger partial charge is 0.395 e. The van der Waals surface area contributed by atoms with E-state index in [9.17, 15) is 4.79 Å². The zero-order chi connectivity index (χ0) is 19.8. The number of rotatable bonds is 4. The Morgan fingerprint density at radius 3 is 2.66 bits per heavy atom. The minimum atomic E-state index is -0.129. The normalized spacial score (nSPS) is 14.8. The van der Waals surface area contributed by atoms with Gasteiger partial charge in [0.05, 0.1) is 30.4 Å². The third kappa shape index (κ3) is 3.17. The lowest BCUT2D eigenvalue weighted by atomic mass is 10.2. The molecule has 1 aliphatic heterocycles. The summed E-state index contributed by atoms with van der Waals surface area (Å²) >= 11 is 0. The molecule has 0 saturated carbocycles. The predicted molar refractivity (Wildman–Crippen MR) is 108 cm³/mol. The highest BCUT2D eigenvalue weighted by Gasteiger charge is 2.19. The highest BCUT2D eigenvalue weighted by atomic mass is 16.3. The summed E-state index contributed by atoms with van der Waals surface area (Å²) < 4.78 is 3.11. The summed E-state index contributed by atoms with van der Waals surface area (Å²) in [5.41, 5.74) is 2.32. The molecule has 1 aromatic carbocycles. The first-order valence-electron chi connectivity index (χ1n) is 9.50. The number of nitrogens with zero attached hydrogens (tertiary/aromatic N) is 8. The summed E-state index contributed by atoms with van der Waals surface area (Å²) in [6.07, 6.45) is 3.10. The molecule has 0 unspecified atom stereocenters. The Morgan fingerprint density at radius 2 is 1.83 bits per heavy atom. The molecule has 10 nitrogen and oxygen atoms in total. The van der Waals surface area contributed by atoms with Crippen LogP contribution in [0.3, 0.4) is 0 Å². The average Bonchev–Trinajstić information content (AvgIpc) is 3.24. The summed E-state index contributed by atoms with van der Waals surface area (Å²) in [6.45, 7) is 3.52. The van der Waals surface area contributed by atoms with Gasteiger partial charge in [-0.05, 0) is 30.3 Å². The molecule has 0 spiro atoms. The molecule has 3 aromatic heterocycles. The molecule has 4 aromatic rings. The minimum Gasteiger partial charge on any atom is -0.395 e. The minimum absolute atomic E-state index is 0.0887. The Kier molecular flexibility index (Phi) is 4.32. The van der Waals surface area contributed by atoms with Crippen LogP contribution in [0.25, 0.3) is 16.6 Å². The molecule has 29 heavy (non-hydrogen) atoms. The van der Waals surface area contributed by atoms with Crippen molar-refractivity contribution in [3.05, 3.63) is 53.3 Å². The van der Waals surface area contributed by atoms with Crippen molar-refractivity contribution in [3.8, 4) is 0 Å². The van der Waals surface area contributed by atoms with Crippen LogP contribution in [0.1, 0.15) is 0 Å². The van der Waals surface area contributed by atoms with E-state index < -0.39 is 0 Å². The maximum atomic E-state index is 12.5. The summed E-state index contributed by atoms with van der Waals surface area (Å²) in [6, 6.07) is 9.63. The second kappa shape index (κ2) is 7.13. The number of aliphatic hydroxyl groups is 1. The summed E-state index contributed by atoms with van der Waals surface area (Å²) in [7, 11) is 0.